The second kappa shape index (κ2) is 7.19. The van der Waals surface area contributed by atoms with Gasteiger partial charge in [-0.2, -0.15) is 0 Å². The number of likely N-dealkylation sites (N-methyl/N-ethyl adjacent to an activating group) is 1. The van der Waals surface area contributed by atoms with Crippen molar-refractivity contribution in [1.29, 1.82) is 0 Å². The van der Waals surface area contributed by atoms with Crippen molar-refractivity contribution in [2.45, 2.75) is 12.5 Å². The molecule has 0 aliphatic heterocycles. The van der Waals surface area contributed by atoms with Gasteiger partial charge in [-0.3, -0.25) is 4.79 Å². The standard InChI is InChI=1S/C14H18ClNO2/c1-4-10-5-6-11(9-13(10)18-3)14(17)12(16-2)7-8-15/h4-6,9,12,16H,1,7-8H2,2-3H3. The summed E-state index contributed by atoms with van der Waals surface area (Å²) in [4.78, 5) is 12.2. The minimum Gasteiger partial charge on any atom is -0.496 e. The summed E-state index contributed by atoms with van der Waals surface area (Å²) in [6.07, 6.45) is 2.30. The first kappa shape index (κ1) is 14.7. The lowest BCUT2D eigenvalue weighted by atomic mass is 10.0. The normalized spacial score (nSPS) is 11.9. The number of hydrogen-bond donors (Lipinski definition) is 1. The lowest BCUT2D eigenvalue weighted by Crippen LogP contribution is -2.34. The van der Waals surface area contributed by atoms with Crippen molar-refractivity contribution in [2.75, 3.05) is 20.0 Å². The highest BCUT2D eigenvalue weighted by Crippen LogP contribution is 2.22. The molecular formula is C14H18ClNO2. The smallest absolute Gasteiger partial charge is 0.179 e. The molecule has 0 radical (unpaired) electrons. The molecule has 0 bridgehead atoms. The molecule has 3 nitrogen and oxygen atoms in total. The molecule has 1 rings (SSSR count). The molecule has 0 aliphatic carbocycles. The summed E-state index contributed by atoms with van der Waals surface area (Å²) in [6.45, 7) is 3.70. The Balaban J connectivity index is 3.02. The van der Waals surface area contributed by atoms with Gasteiger partial charge in [-0.1, -0.05) is 24.8 Å². The maximum atomic E-state index is 12.2. The van der Waals surface area contributed by atoms with Gasteiger partial charge in [0.15, 0.2) is 5.78 Å². The van der Waals surface area contributed by atoms with Crippen molar-refractivity contribution >= 4 is 23.5 Å². The van der Waals surface area contributed by atoms with Crippen LogP contribution in [0.15, 0.2) is 24.8 Å². The summed E-state index contributed by atoms with van der Waals surface area (Å²) < 4.78 is 5.23. The van der Waals surface area contributed by atoms with Crippen molar-refractivity contribution in [2.24, 2.45) is 0 Å². The third kappa shape index (κ3) is 3.34. The fourth-order valence-corrected chi connectivity index (χ4v) is 1.97. The van der Waals surface area contributed by atoms with Gasteiger partial charge in [-0.05, 0) is 19.5 Å². The number of rotatable bonds is 7. The molecule has 0 amide bonds. The third-order valence-corrected chi connectivity index (χ3v) is 3.02. The second-order valence-corrected chi connectivity index (χ2v) is 4.22. The molecule has 98 valence electrons. The molecule has 0 aromatic heterocycles. The number of halogens is 1. The topological polar surface area (TPSA) is 38.3 Å². The van der Waals surface area contributed by atoms with Crippen LogP contribution in [0.3, 0.4) is 0 Å². The summed E-state index contributed by atoms with van der Waals surface area (Å²) in [5.41, 5.74) is 1.48. The average Bonchev–Trinajstić information content (AvgIpc) is 2.43. The van der Waals surface area contributed by atoms with Crippen LogP contribution < -0.4 is 10.1 Å². The molecule has 1 N–H and O–H groups in total. The fraction of sp³-hybridized carbons (Fsp3) is 0.357. The summed E-state index contributed by atoms with van der Waals surface area (Å²) in [7, 11) is 3.33. The molecule has 1 aromatic carbocycles. The van der Waals surface area contributed by atoms with Gasteiger partial charge in [-0.25, -0.2) is 0 Å². The van der Waals surface area contributed by atoms with Crippen LogP contribution in [-0.2, 0) is 0 Å². The minimum absolute atomic E-state index is 0.0204. The molecule has 4 heteroatoms. The Morgan fingerprint density at radius 2 is 2.33 bits per heavy atom. The highest BCUT2D eigenvalue weighted by atomic mass is 35.5. The number of methoxy groups -OCH3 is 1. The Morgan fingerprint density at radius 1 is 1.61 bits per heavy atom. The predicted molar refractivity (Wildman–Crippen MR) is 75.6 cm³/mol. The Hall–Kier alpha value is -1.32. The number of nitrogens with one attached hydrogen (secondary N) is 1. The van der Waals surface area contributed by atoms with E-state index < -0.39 is 0 Å². The van der Waals surface area contributed by atoms with E-state index in [-0.39, 0.29) is 11.8 Å². The van der Waals surface area contributed by atoms with Crippen molar-refractivity contribution < 1.29 is 9.53 Å². The Labute approximate surface area is 113 Å². The lowest BCUT2D eigenvalue weighted by Gasteiger charge is -2.14. The molecule has 0 fully saturated rings. The monoisotopic (exact) mass is 267 g/mol. The highest BCUT2D eigenvalue weighted by Gasteiger charge is 2.18. The van der Waals surface area contributed by atoms with E-state index in [1.165, 1.54) is 0 Å². The Kier molecular flexibility index (Phi) is 5.89. The first-order valence-electron chi connectivity index (χ1n) is 5.75. The molecule has 0 aliphatic rings. The average molecular weight is 268 g/mol. The zero-order valence-electron chi connectivity index (χ0n) is 10.7. The van der Waals surface area contributed by atoms with Crippen LogP contribution in [0.2, 0.25) is 0 Å². The van der Waals surface area contributed by atoms with E-state index >= 15 is 0 Å². The van der Waals surface area contributed by atoms with E-state index in [2.05, 4.69) is 11.9 Å². The van der Waals surface area contributed by atoms with Gasteiger partial charge in [0, 0.05) is 17.0 Å². The van der Waals surface area contributed by atoms with Crippen LogP contribution in [0, 0.1) is 0 Å². The van der Waals surface area contributed by atoms with E-state index in [9.17, 15) is 4.79 Å². The van der Waals surface area contributed by atoms with E-state index in [0.29, 0.717) is 23.6 Å². The van der Waals surface area contributed by atoms with Crippen LogP contribution >= 0.6 is 11.6 Å². The number of carbonyl (C=O) groups excluding carboxylic acids is 1. The van der Waals surface area contributed by atoms with Crippen LogP contribution in [-0.4, -0.2) is 31.9 Å². The molecule has 0 saturated carbocycles. The second-order valence-electron chi connectivity index (χ2n) is 3.84. The third-order valence-electron chi connectivity index (χ3n) is 2.80. The summed E-state index contributed by atoms with van der Waals surface area (Å²) in [6, 6.07) is 5.08. The summed E-state index contributed by atoms with van der Waals surface area (Å²) in [5, 5.41) is 2.97. The van der Waals surface area contributed by atoms with Crippen molar-refractivity contribution in [3.8, 4) is 5.75 Å². The molecule has 1 atom stereocenters. The van der Waals surface area contributed by atoms with Gasteiger partial charge in [0.25, 0.3) is 0 Å². The van der Waals surface area contributed by atoms with Gasteiger partial charge >= 0.3 is 0 Å². The number of ether oxygens (including phenoxy) is 1. The van der Waals surface area contributed by atoms with E-state index in [1.807, 2.05) is 6.07 Å². The molecule has 1 unspecified atom stereocenters. The first-order chi connectivity index (χ1) is 8.67. The summed E-state index contributed by atoms with van der Waals surface area (Å²) >= 11 is 5.68. The SMILES string of the molecule is C=Cc1ccc(C(=O)C(CCCl)NC)cc1OC. The van der Waals surface area contributed by atoms with Gasteiger partial charge < -0.3 is 10.1 Å². The number of benzene rings is 1. The zero-order chi connectivity index (χ0) is 13.5. The number of hydrogen-bond acceptors (Lipinski definition) is 3. The molecular weight excluding hydrogens is 250 g/mol. The number of Topliss-reactive ketones (excluding diaryl/α,β-unsaturated/α-hetero) is 1. The maximum Gasteiger partial charge on any atom is 0.179 e. The largest absolute Gasteiger partial charge is 0.496 e. The highest BCUT2D eigenvalue weighted by molar-refractivity contribution is 6.18. The Morgan fingerprint density at radius 3 is 2.83 bits per heavy atom. The van der Waals surface area contributed by atoms with Gasteiger partial charge in [0.05, 0.1) is 13.2 Å². The fourth-order valence-electron chi connectivity index (χ4n) is 1.75. The lowest BCUT2D eigenvalue weighted by molar-refractivity contribution is 0.0945. The summed E-state index contributed by atoms with van der Waals surface area (Å²) in [5.74, 6) is 1.11. The molecule has 0 saturated heterocycles. The van der Waals surface area contributed by atoms with Crippen molar-refractivity contribution in [3.05, 3.63) is 35.9 Å². The quantitative estimate of drug-likeness (QED) is 0.610. The number of carbonyl (C=O) groups is 1. The van der Waals surface area contributed by atoms with Crippen LogP contribution in [0.4, 0.5) is 0 Å². The van der Waals surface area contributed by atoms with Crippen molar-refractivity contribution in [3.63, 3.8) is 0 Å². The van der Waals surface area contributed by atoms with Crippen LogP contribution in [0.1, 0.15) is 22.3 Å². The van der Waals surface area contributed by atoms with Gasteiger partial charge in [-0.15, -0.1) is 11.6 Å². The molecule has 0 heterocycles. The Bertz CT molecular complexity index is 432. The van der Waals surface area contributed by atoms with E-state index in [1.54, 1.807) is 32.4 Å². The van der Waals surface area contributed by atoms with Gasteiger partial charge in [0.1, 0.15) is 5.75 Å². The minimum atomic E-state index is -0.262. The predicted octanol–water partition coefficient (Wildman–Crippen LogP) is 2.74. The van der Waals surface area contributed by atoms with Crippen LogP contribution in [0.5, 0.6) is 5.75 Å². The van der Waals surface area contributed by atoms with Crippen molar-refractivity contribution in [1.82, 2.24) is 5.32 Å². The molecule has 1 aromatic rings. The number of alkyl halides is 1. The molecule has 18 heavy (non-hydrogen) atoms. The van der Waals surface area contributed by atoms with E-state index in [4.69, 9.17) is 16.3 Å². The molecule has 0 spiro atoms. The zero-order valence-corrected chi connectivity index (χ0v) is 11.5. The van der Waals surface area contributed by atoms with E-state index in [0.717, 1.165) is 5.56 Å². The first-order valence-corrected chi connectivity index (χ1v) is 6.29. The maximum absolute atomic E-state index is 12.2. The van der Waals surface area contributed by atoms with Gasteiger partial charge in [0.2, 0.25) is 0 Å². The van der Waals surface area contributed by atoms with Crippen LogP contribution in [0.25, 0.3) is 6.08 Å². The number of ketones is 1.